The molecule has 8 heteroatoms. The van der Waals surface area contributed by atoms with Gasteiger partial charge in [0.25, 0.3) is 0 Å². The Labute approximate surface area is 175 Å². The number of hydrogen-bond acceptors (Lipinski definition) is 4. The minimum Gasteiger partial charge on any atom is -0.493 e. The highest BCUT2D eigenvalue weighted by Crippen LogP contribution is 2.35. The quantitative estimate of drug-likeness (QED) is 0.653. The van der Waals surface area contributed by atoms with E-state index in [9.17, 15) is 9.59 Å². The lowest BCUT2D eigenvalue weighted by atomic mass is 9.77. The summed E-state index contributed by atoms with van der Waals surface area (Å²) < 4.78 is 5.95. The standard InChI is InChI=1S/C21H27ClN4O3/c22-17-5-2-6-18(10-17)29-15-21(11-19(23)27)8-3-9-26(14-21)20(28)7-1-4-16-12-24-25-13-16/h2,5-6,10,12-13H,1,3-4,7-9,11,14-15H2,(H2,23,27)(H,24,25)/t21-/m0/s1. The SMILES string of the molecule is NC(=O)C[C@@]1(COc2cccc(Cl)c2)CCCN(C(=O)CCCc2cn[nH]c2)C1. The summed E-state index contributed by atoms with van der Waals surface area (Å²) in [5.74, 6) is 0.364. The molecule has 1 atom stereocenters. The van der Waals surface area contributed by atoms with Gasteiger partial charge in [-0.1, -0.05) is 17.7 Å². The van der Waals surface area contributed by atoms with E-state index in [1.165, 1.54) is 0 Å². The molecule has 2 heterocycles. The number of aromatic nitrogens is 2. The number of H-pyrrole nitrogens is 1. The van der Waals surface area contributed by atoms with Crippen molar-refractivity contribution in [1.29, 1.82) is 0 Å². The van der Waals surface area contributed by atoms with Crippen LogP contribution in [0.3, 0.4) is 0 Å². The first-order valence-electron chi connectivity index (χ1n) is 9.88. The van der Waals surface area contributed by atoms with Gasteiger partial charge in [-0.15, -0.1) is 0 Å². The Kier molecular flexibility index (Phi) is 7.14. The van der Waals surface area contributed by atoms with E-state index >= 15 is 0 Å². The van der Waals surface area contributed by atoms with Crippen molar-refractivity contribution in [1.82, 2.24) is 15.1 Å². The van der Waals surface area contributed by atoms with E-state index in [0.717, 1.165) is 31.2 Å². The van der Waals surface area contributed by atoms with Crippen molar-refractivity contribution >= 4 is 23.4 Å². The van der Waals surface area contributed by atoms with Crippen LogP contribution in [0.4, 0.5) is 0 Å². The number of benzene rings is 1. The highest BCUT2D eigenvalue weighted by Gasteiger charge is 2.39. The van der Waals surface area contributed by atoms with Crippen LogP contribution in [0.5, 0.6) is 5.75 Å². The van der Waals surface area contributed by atoms with E-state index in [-0.39, 0.29) is 18.2 Å². The third kappa shape index (κ3) is 6.22. The molecule has 3 rings (SSSR count). The molecule has 1 aromatic carbocycles. The predicted molar refractivity (Wildman–Crippen MR) is 111 cm³/mol. The van der Waals surface area contributed by atoms with Crippen molar-refractivity contribution in [3.63, 3.8) is 0 Å². The summed E-state index contributed by atoms with van der Waals surface area (Å²) in [5, 5.41) is 7.29. The lowest BCUT2D eigenvalue weighted by molar-refractivity contribution is -0.137. The summed E-state index contributed by atoms with van der Waals surface area (Å²) >= 11 is 6.02. The van der Waals surface area contributed by atoms with Crippen molar-refractivity contribution in [3.05, 3.63) is 47.2 Å². The highest BCUT2D eigenvalue weighted by atomic mass is 35.5. The van der Waals surface area contributed by atoms with Crippen molar-refractivity contribution < 1.29 is 14.3 Å². The molecule has 0 aliphatic carbocycles. The fourth-order valence-corrected chi connectivity index (χ4v) is 4.09. The number of amides is 2. The summed E-state index contributed by atoms with van der Waals surface area (Å²) in [6.45, 7) is 1.48. The van der Waals surface area contributed by atoms with Crippen molar-refractivity contribution in [2.24, 2.45) is 11.1 Å². The number of piperidine rings is 1. The Morgan fingerprint density at radius 1 is 1.38 bits per heavy atom. The van der Waals surface area contributed by atoms with E-state index in [4.69, 9.17) is 22.1 Å². The molecule has 2 aromatic rings. The lowest BCUT2D eigenvalue weighted by Gasteiger charge is -2.42. The van der Waals surface area contributed by atoms with Crippen LogP contribution in [0.25, 0.3) is 0 Å². The number of likely N-dealkylation sites (tertiary alicyclic amines) is 1. The molecular formula is C21H27ClN4O3. The molecule has 7 nitrogen and oxygen atoms in total. The largest absolute Gasteiger partial charge is 0.493 e. The molecule has 0 radical (unpaired) electrons. The number of carbonyl (C=O) groups excluding carboxylic acids is 2. The number of ether oxygens (including phenoxy) is 1. The maximum absolute atomic E-state index is 12.7. The van der Waals surface area contributed by atoms with Gasteiger partial charge in [0, 0.05) is 42.6 Å². The Balaban J connectivity index is 1.60. The van der Waals surface area contributed by atoms with E-state index in [1.54, 1.807) is 18.3 Å². The molecule has 3 N–H and O–H groups in total. The number of halogens is 1. The summed E-state index contributed by atoms with van der Waals surface area (Å²) in [5.41, 5.74) is 6.14. The molecule has 1 saturated heterocycles. The zero-order valence-corrected chi connectivity index (χ0v) is 17.2. The van der Waals surface area contributed by atoms with Crippen LogP contribution in [-0.2, 0) is 16.0 Å². The van der Waals surface area contributed by atoms with Crippen LogP contribution < -0.4 is 10.5 Å². The molecule has 1 aliphatic heterocycles. The van der Waals surface area contributed by atoms with Crippen LogP contribution >= 0.6 is 11.6 Å². The van der Waals surface area contributed by atoms with Crippen molar-refractivity contribution in [2.45, 2.75) is 38.5 Å². The second-order valence-electron chi connectivity index (χ2n) is 7.77. The van der Waals surface area contributed by atoms with Crippen molar-refractivity contribution in [3.8, 4) is 5.75 Å². The number of hydrogen-bond donors (Lipinski definition) is 2. The average Bonchev–Trinajstić information content (AvgIpc) is 3.20. The van der Waals surface area contributed by atoms with Crippen LogP contribution in [0.2, 0.25) is 5.02 Å². The Bertz CT molecular complexity index is 827. The molecule has 1 fully saturated rings. The highest BCUT2D eigenvalue weighted by molar-refractivity contribution is 6.30. The molecule has 156 valence electrons. The molecule has 1 aliphatic rings. The van der Waals surface area contributed by atoms with Gasteiger partial charge in [-0.25, -0.2) is 0 Å². The minimum absolute atomic E-state index is 0.102. The van der Waals surface area contributed by atoms with E-state index in [0.29, 0.717) is 36.9 Å². The lowest BCUT2D eigenvalue weighted by Crippen LogP contribution is -2.50. The average molecular weight is 419 g/mol. The van der Waals surface area contributed by atoms with E-state index in [1.807, 2.05) is 23.2 Å². The maximum atomic E-state index is 12.7. The van der Waals surface area contributed by atoms with E-state index < -0.39 is 5.41 Å². The Hall–Kier alpha value is -2.54. The normalized spacial score (nSPS) is 19.1. The van der Waals surface area contributed by atoms with Gasteiger partial charge in [0.15, 0.2) is 0 Å². The third-order valence-electron chi connectivity index (χ3n) is 5.32. The Morgan fingerprint density at radius 3 is 2.97 bits per heavy atom. The van der Waals surface area contributed by atoms with Gasteiger partial charge in [0.2, 0.25) is 11.8 Å². The van der Waals surface area contributed by atoms with Gasteiger partial charge in [0.1, 0.15) is 5.75 Å². The first kappa shape index (κ1) is 21.2. The minimum atomic E-state index is -0.480. The number of nitrogens with zero attached hydrogens (tertiary/aromatic N) is 2. The van der Waals surface area contributed by atoms with Crippen LogP contribution in [0, 0.1) is 5.41 Å². The molecule has 0 bridgehead atoms. The predicted octanol–water partition coefficient (Wildman–Crippen LogP) is 2.95. The molecule has 0 unspecified atom stereocenters. The fourth-order valence-electron chi connectivity index (χ4n) is 3.91. The van der Waals surface area contributed by atoms with Crippen LogP contribution in [0.15, 0.2) is 36.7 Å². The van der Waals surface area contributed by atoms with Gasteiger partial charge in [-0.2, -0.15) is 5.10 Å². The fraction of sp³-hybridized carbons (Fsp3) is 0.476. The van der Waals surface area contributed by atoms with Gasteiger partial charge in [-0.05, 0) is 49.4 Å². The smallest absolute Gasteiger partial charge is 0.222 e. The van der Waals surface area contributed by atoms with Gasteiger partial charge >= 0.3 is 0 Å². The topological polar surface area (TPSA) is 101 Å². The first-order chi connectivity index (χ1) is 14.0. The molecule has 0 spiro atoms. The second-order valence-corrected chi connectivity index (χ2v) is 8.20. The summed E-state index contributed by atoms with van der Waals surface area (Å²) in [6, 6.07) is 7.15. The van der Waals surface area contributed by atoms with Gasteiger partial charge in [0.05, 0.1) is 12.8 Å². The summed E-state index contributed by atoms with van der Waals surface area (Å²) in [6.07, 6.45) is 7.44. The van der Waals surface area contributed by atoms with Crippen LogP contribution in [0.1, 0.15) is 37.7 Å². The summed E-state index contributed by atoms with van der Waals surface area (Å²) in [4.78, 5) is 26.3. The zero-order chi connectivity index (χ0) is 20.7. The third-order valence-corrected chi connectivity index (χ3v) is 5.55. The molecule has 0 saturated carbocycles. The van der Waals surface area contributed by atoms with Crippen LogP contribution in [-0.4, -0.2) is 46.6 Å². The number of aromatic amines is 1. The summed E-state index contributed by atoms with van der Waals surface area (Å²) in [7, 11) is 0. The molecule has 1 aromatic heterocycles. The van der Waals surface area contributed by atoms with Gasteiger partial charge in [-0.3, -0.25) is 14.7 Å². The number of rotatable bonds is 9. The monoisotopic (exact) mass is 418 g/mol. The first-order valence-corrected chi connectivity index (χ1v) is 10.3. The Morgan fingerprint density at radius 2 is 2.24 bits per heavy atom. The number of aryl methyl sites for hydroxylation is 1. The number of nitrogens with one attached hydrogen (secondary N) is 1. The number of primary amides is 1. The van der Waals surface area contributed by atoms with Gasteiger partial charge < -0.3 is 15.4 Å². The molecular weight excluding hydrogens is 392 g/mol. The zero-order valence-electron chi connectivity index (χ0n) is 16.4. The maximum Gasteiger partial charge on any atom is 0.222 e. The number of nitrogens with two attached hydrogens (primary N) is 1. The molecule has 2 amide bonds. The molecule has 29 heavy (non-hydrogen) atoms. The second kappa shape index (κ2) is 9.78. The van der Waals surface area contributed by atoms with Crippen molar-refractivity contribution in [2.75, 3.05) is 19.7 Å². The van der Waals surface area contributed by atoms with E-state index in [2.05, 4.69) is 10.2 Å². The number of carbonyl (C=O) groups is 2.